The first-order valence-electron chi connectivity index (χ1n) is 6.48. The Morgan fingerprint density at radius 1 is 1.41 bits per heavy atom. The molecule has 0 atom stereocenters. The lowest BCUT2D eigenvalue weighted by atomic mass is 9.91. The van der Waals surface area contributed by atoms with Crippen LogP contribution in [0.4, 0.5) is 5.82 Å². The van der Waals surface area contributed by atoms with Crippen LogP contribution in [0.2, 0.25) is 0 Å². The molecule has 17 heavy (non-hydrogen) atoms. The fourth-order valence-corrected chi connectivity index (χ4v) is 2.48. The van der Waals surface area contributed by atoms with Crippen molar-refractivity contribution in [2.45, 2.75) is 45.7 Å². The van der Waals surface area contributed by atoms with Crippen molar-refractivity contribution in [3.63, 3.8) is 0 Å². The van der Waals surface area contributed by atoms with Gasteiger partial charge in [0.2, 0.25) is 0 Å². The van der Waals surface area contributed by atoms with E-state index in [0.29, 0.717) is 6.04 Å². The number of hydrogen-bond acceptors (Lipinski definition) is 3. The minimum absolute atomic E-state index is 0.694. The third-order valence-corrected chi connectivity index (χ3v) is 3.76. The van der Waals surface area contributed by atoms with Crippen LogP contribution >= 0.6 is 0 Å². The highest BCUT2D eigenvalue weighted by Gasteiger charge is 2.25. The van der Waals surface area contributed by atoms with Crippen molar-refractivity contribution in [2.24, 2.45) is 0 Å². The van der Waals surface area contributed by atoms with Gasteiger partial charge in [-0.25, -0.2) is 4.98 Å². The Bertz CT molecular complexity index is 397. The topological polar surface area (TPSA) is 28.2 Å². The summed E-state index contributed by atoms with van der Waals surface area (Å²) in [5, 5.41) is 3.25. The highest BCUT2D eigenvalue weighted by molar-refractivity contribution is 5.52. The number of rotatable bonds is 4. The molecule has 0 aromatic carbocycles. The van der Waals surface area contributed by atoms with Crippen LogP contribution in [0.25, 0.3) is 0 Å². The first-order valence-corrected chi connectivity index (χ1v) is 6.48. The number of aromatic nitrogens is 1. The van der Waals surface area contributed by atoms with Crippen LogP contribution in [0.1, 0.15) is 36.1 Å². The zero-order chi connectivity index (χ0) is 12.4. The molecule has 0 bridgehead atoms. The molecular weight excluding hydrogens is 210 g/mol. The van der Waals surface area contributed by atoms with E-state index >= 15 is 0 Å². The lowest BCUT2D eigenvalue weighted by Gasteiger charge is -2.37. The van der Waals surface area contributed by atoms with Gasteiger partial charge in [0, 0.05) is 30.9 Å². The van der Waals surface area contributed by atoms with Gasteiger partial charge < -0.3 is 10.2 Å². The molecule has 3 nitrogen and oxygen atoms in total. The van der Waals surface area contributed by atoms with Crippen LogP contribution in [0.15, 0.2) is 6.07 Å². The summed E-state index contributed by atoms with van der Waals surface area (Å²) in [4.78, 5) is 7.11. The first kappa shape index (κ1) is 12.4. The second kappa shape index (κ2) is 5.05. The Kier molecular flexibility index (Phi) is 3.67. The van der Waals surface area contributed by atoms with Crippen LogP contribution in [0.3, 0.4) is 0 Å². The Labute approximate surface area is 104 Å². The largest absolute Gasteiger partial charge is 0.356 e. The SMILES string of the molecule is CNCc1c(C)cc(C)nc1N(C)C1CCC1. The van der Waals surface area contributed by atoms with Gasteiger partial charge >= 0.3 is 0 Å². The monoisotopic (exact) mass is 233 g/mol. The van der Waals surface area contributed by atoms with E-state index in [4.69, 9.17) is 4.98 Å². The average Bonchev–Trinajstić information content (AvgIpc) is 2.19. The summed E-state index contributed by atoms with van der Waals surface area (Å²) in [5.74, 6) is 1.17. The molecule has 1 fully saturated rings. The third kappa shape index (κ3) is 2.44. The Morgan fingerprint density at radius 3 is 2.65 bits per heavy atom. The molecular formula is C14H23N3. The molecule has 1 saturated carbocycles. The fraction of sp³-hybridized carbons (Fsp3) is 0.643. The summed E-state index contributed by atoms with van der Waals surface area (Å²) >= 11 is 0. The normalized spacial score (nSPS) is 15.8. The zero-order valence-electron chi connectivity index (χ0n) is 11.4. The maximum Gasteiger partial charge on any atom is 0.133 e. The van der Waals surface area contributed by atoms with E-state index in [0.717, 1.165) is 12.2 Å². The molecule has 94 valence electrons. The molecule has 3 heteroatoms. The average molecular weight is 233 g/mol. The van der Waals surface area contributed by atoms with Gasteiger partial charge in [-0.3, -0.25) is 0 Å². The first-order chi connectivity index (χ1) is 8.13. The molecule has 1 aliphatic carbocycles. The van der Waals surface area contributed by atoms with Gasteiger partial charge in [0.05, 0.1) is 0 Å². The van der Waals surface area contributed by atoms with Gasteiger partial charge in [0.15, 0.2) is 0 Å². The van der Waals surface area contributed by atoms with Crippen molar-refractivity contribution in [3.05, 3.63) is 22.9 Å². The van der Waals surface area contributed by atoms with Gasteiger partial charge in [-0.2, -0.15) is 0 Å². The number of hydrogen-bond donors (Lipinski definition) is 1. The van der Waals surface area contributed by atoms with E-state index in [-0.39, 0.29) is 0 Å². The molecule has 0 amide bonds. The van der Waals surface area contributed by atoms with Crippen molar-refractivity contribution in [1.82, 2.24) is 10.3 Å². The minimum atomic E-state index is 0.694. The summed E-state index contributed by atoms with van der Waals surface area (Å²) < 4.78 is 0. The van der Waals surface area contributed by atoms with Crippen molar-refractivity contribution in [1.29, 1.82) is 0 Å². The Hall–Kier alpha value is -1.09. The van der Waals surface area contributed by atoms with Crippen molar-refractivity contribution in [3.8, 4) is 0 Å². The molecule has 0 aliphatic heterocycles. The van der Waals surface area contributed by atoms with Crippen LogP contribution in [0, 0.1) is 13.8 Å². The number of nitrogens with zero attached hydrogens (tertiary/aromatic N) is 2. The number of pyridine rings is 1. The predicted molar refractivity (Wildman–Crippen MR) is 72.5 cm³/mol. The Balaban J connectivity index is 2.34. The molecule has 1 aliphatic rings. The summed E-state index contributed by atoms with van der Waals surface area (Å²) in [7, 11) is 4.18. The highest BCUT2D eigenvalue weighted by Crippen LogP contribution is 2.30. The smallest absolute Gasteiger partial charge is 0.133 e. The molecule has 0 saturated heterocycles. The van der Waals surface area contributed by atoms with E-state index < -0.39 is 0 Å². The number of anilines is 1. The van der Waals surface area contributed by atoms with E-state index in [1.54, 1.807) is 0 Å². The maximum atomic E-state index is 4.74. The number of aryl methyl sites for hydroxylation is 2. The summed E-state index contributed by atoms with van der Waals surface area (Å²) in [6.07, 6.45) is 3.98. The lowest BCUT2D eigenvalue weighted by molar-refractivity contribution is 0.398. The van der Waals surface area contributed by atoms with Crippen molar-refractivity contribution in [2.75, 3.05) is 19.0 Å². The van der Waals surface area contributed by atoms with Gasteiger partial charge in [-0.15, -0.1) is 0 Å². The second-order valence-corrected chi connectivity index (χ2v) is 5.11. The van der Waals surface area contributed by atoms with Gasteiger partial charge in [-0.1, -0.05) is 0 Å². The van der Waals surface area contributed by atoms with Crippen LogP contribution in [0.5, 0.6) is 0 Å². The zero-order valence-corrected chi connectivity index (χ0v) is 11.4. The van der Waals surface area contributed by atoms with Gasteiger partial charge in [0.1, 0.15) is 5.82 Å². The molecule has 1 heterocycles. The molecule has 1 aromatic rings. The molecule has 1 aromatic heterocycles. The molecule has 0 unspecified atom stereocenters. The van der Waals surface area contributed by atoms with E-state index in [1.807, 2.05) is 7.05 Å². The quantitative estimate of drug-likeness (QED) is 0.865. The second-order valence-electron chi connectivity index (χ2n) is 5.11. The van der Waals surface area contributed by atoms with Crippen LogP contribution < -0.4 is 10.2 Å². The van der Waals surface area contributed by atoms with E-state index in [9.17, 15) is 0 Å². The predicted octanol–water partition coefficient (Wildman–Crippen LogP) is 2.41. The highest BCUT2D eigenvalue weighted by atomic mass is 15.2. The molecule has 1 N–H and O–H groups in total. The van der Waals surface area contributed by atoms with Crippen molar-refractivity contribution >= 4 is 5.82 Å². The minimum Gasteiger partial charge on any atom is -0.356 e. The lowest BCUT2D eigenvalue weighted by Crippen LogP contribution is -2.38. The van der Waals surface area contributed by atoms with E-state index in [2.05, 4.69) is 37.2 Å². The van der Waals surface area contributed by atoms with Crippen LogP contribution in [-0.4, -0.2) is 25.1 Å². The fourth-order valence-electron chi connectivity index (χ4n) is 2.48. The third-order valence-electron chi connectivity index (χ3n) is 3.76. The van der Waals surface area contributed by atoms with E-state index in [1.165, 1.54) is 36.2 Å². The van der Waals surface area contributed by atoms with Crippen LogP contribution in [-0.2, 0) is 6.54 Å². The number of nitrogens with one attached hydrogen (secondary N) is 1. The maximum absolute atomic E-state index is 4.74. The summed E-state index contributed by atoms with van der Waals surface area (Å²) in [5.41, 5.74) is 3.80. The van der Waals surface area contributed by atoms with Crippen molar-refractivity contribution < 1.29 is 0 Å². The summed E-state index contributed by atoms with van der Waals surface area (Å²) in [6, 6.07) is 2.87. The summed E-state index contributed by atoms with van der Waals surface area (Å²) in [6.45, 7) is 5.15. The Morgan fingerprint density at radius 2 is 2.12 bits per heavy atom. The van der Waals surface area contributed by atoms with Gasteiger partial charge in [-0.05, 0) is 51.8 Å². The van der Waals surface area contributed by atoms with Gasteiger partial charge in [0.25, 0.3) is 0 Å². The standard InChI is InChI=1S/C14H23N3/c1-10-8-11(2)16-14(13(10)9-15-3)17(4)12-6-5-7-12/h8,12,15H,5-7,9H2,1-4H3. The molecule has 0 radical (unpaired) electrons. The molecule has 0 spiro atoms. The molecule has 2 rings (SSSR count).